The molecule has 0 aliphatic rings. The van der Waals surface area contributed by atoms with Crippen molar-refractivity contribution in [1.29, 1.82) is 0 Å². The number of fused-ring (bicyclic) bond motifs is 2. The summed E-state index contributed by atoms with van der Waals surface area (Å²) in [6.07, 6.45) is 3.58. The van der Waals surface area contributed by atoms with E-state index in [-0.39, 0.29) is 17.5 Å². The summed E-state index contributed by atoms with van der Waals surface area (Å²) in [5, 5.41) is 15.8. The van der Waals surface area contributed by atoms with Crippen molar-refractivity contribution in [3.63, 3.8) is 0 Å². The number of carbonyl (C=O) groups is 1. The lowest BCUT2D eigenvalue weighted by Crippen LogP contribution is -2.28. The molecule has 3 N–H and O–H groups in total. The molecule has 3 aromatic carbocycles. The van der Waals surface area contributed by atoms with E-state index in [1.807, 2.05) is 54.7 Å². The number of hydrogen-bond acceptors (Lipinski definition) is 3. The molecule has 5 rings (SSSR count). The highest BCUT2D eigenvalue weighted by atomic mass is 16.6. The van der Waals surface area contributed by atoms with E-state index in [0.29, 0.717) is 23.0 Å². The Morgan fingerprint density at radius 3 is 2.44 bits per heavy atom. The van der Waals surface area contributed by atoms with Gasteiger partial charge in [0.05, 0.1) is 10.5 Å². The number of nitro benzene ring substituents is 1. The number of carbonyl (C=O) groups excluding carboxylic acids is 1. The molecule has 0 saturated carbocycles. The highest BCUT2D eigenvalue weighted by Crippen LogP contribution is 2.31. The second-order valence-corrected chi connectivity index (χ2v) is 7.65. The number of rotatable bonds is 6. The van der Waals surface area contributed by atoms with E-state index in [1.165, 1.54) is 12.1 Å². The van der Waals surface area contributed by atoms with Crippen molar-refractivity contribution in [2.24, 2.45) is 0 Å². The van der Waals surface area contributed by atoms with Crippen molar-refractivity contribution in [3.05, 3.63) is 112 Å². The van der Waals surface area contributed by atoms with Gasteiger partial charge in [-0.15, -0.1) is 0 Å². The average Bonchev–Trinajstić information content (AvgIpc) is 3.44. The van der Waals surface area contributed by atoms with E-state index >= 15 is 0 Å². The highest BCUT2D eigenvalue weighted by molar-refractivity contribution is 6.07. The van der Waals surface area contributed by atoms with Gasteiger partial charge in [0.25, 0.3) is 11.6 Å². The van der Waals surface area contributed by atoms with E-state index < -0.39 is 4.92 Å². The van der Waals surface area contributed by atoms with Crippen molar-refractivity contribution in [3.8, 4) is 0 Å². The molecule has 2 heterocycles. The van der Waals surface area contributed by atoms with Crippen LogP contribution in [0.5, 0.6) is 0 Å². The molecule has 0 spiro atoms. The minimum Gasteiger partial charge on any atom is -0.361 e. The Morgan fingerprint density at radius 1 is 0.906 bits per heavy atom. The molecular formula is C25H20N4O3. The fraction of sp³-hybridized carbons (Fsp3) is 0.0800. The molecule has 0 radical (unpaired) electrons. The van der Waals surface area contributed by atoms with E-state index in [0.717, 1.165) is 22.0 Å². The third-order valence-electron chi connectivity index (χ3n) is 5.79. The van der Waals surface area contributed by atoms with Crippen LogP contribution >= 0.6 is 0 Å². The van der Waals surface area contributed by atoms with Gasteiger partial charge in [-0.25, -0.2) is 0 Å². The van der Waals surface area contributed by atoms with Gasteiger partial charge in [0, 0.05) is 58.8 Å². The summed E-state index contributed by atoms with van der Waals surface area (Å²) in [7, 11) is 0. The van der Waals surface area contributed by atoms with Gasteiger partial charge in [-0.05, 0) is 23.3 Å². The molecule has 1 unspecified atom stereocenters. The van der Waals surface area contributed by atoms with Gasteiger partial charge < -0.3 is 15.3 Å². The molecule has 2 aromatic heterocycles. The Morgan fingerprint density at radius 2 is 1.62 bits per heavy atom. The Labute approximate surface area is 183 Å². The number of hydrogen-bond donors (Lipinski definition) is 3. The number of H-pyrrole nitrogens is 2. The number of aromatic nitrogens is 2. The number of nitro groups is 1. The van der Waals surface area contributed by atoms with Gasteiger partial charge >= 0.3 is 0 Å². The highest BCUT2D eigenvalue weighted by Gasteiger charge is 2.21. The summed E-state index contributed by atoms with van der Waals surface area (Å²) < 4.78 is 0. The van der Waals surface area contributed by atoms with Crippen molar-refractivity contribution in [2.75, 3.05) is 6.54 Å². The van der Waals surface area contributed by atoms with Gasteiger partial charge in [0.1, 0.15) is 0 Å². The molecule has 0 aliphatic heterocycles. The van der Waals surface area contributed by atoms with Crippen molar-refractivity contribution < 1.29 is 9.72 Å². The zero-order valence-electron chi connectivity index (χ0n) is 17.0. The molecule has 7 heteroatoms. The van der Waals surface area contributed by atoms with Crippen LogP contribution in [0, 0.1) is 10.1 Å². The fourth-order valence-electron chi connectivity index (χ4n) is 4.17. The van der Waals surface area contributed by atoms with Crippen molar-refractivity contribution in [2.45, 2.75) is 5.92 Å². The maximum atomic E-state index is 13.1. The van der Waals surface area contributed by atoms with Crippen LogP contribution in [0.2, 0.25) is 0 Å². The zero-order valence-corrected chi connectivity index (χ0v) is 17.0. The SMILES string of the molecule is O=C(NCC(c1ccccc1)c1c[nH]c2ccccc12)c1c[nH]c2ccc([N+](=O)[O-])cc12. The Balaban J connectivity index is 1.46. The van der Waals surface area contributed by atoms with Crippen LogP contribution in [0.3, 0.4) is 0 Å². The standard InChI is InChI=1S/C25H20N4O3/c30-25(22-15-27-24-11-10-17(29(31)32)12-19(22)24)28-13-20(16-6-2-1-3-7-16)21-14-26-23-9-5-4-8-18(21)23/h1-12,14-15,20,26-27H,13H2,(H,28,30). The van der Waals surface area contributed by atoms with Crippen LogP contribution in [0.1, 0.15) is 27.4 Å². The largest absolute Gasteiger partial charge is 0.361 e. The monoisotopic (exact) mass is 424 g/mol. The van der Waals surface area contributed by atoms with Crippen LogP contribution in [0.4, 0.5) is 5.69 Å². The first-order chi connectivity index (χ1) is 15.6. The summed E-state index contributed by atoms with van der Waals surface area (Å²) in [6, 6.07) is 22.6. The van der Waals surface area contributed by atoms with Gasteiger partial charge in [-0.1, -0.05) is 48.5 Å². The molecule has 0 saturated heterocycles. The number of benzene rings is 3. The third-order valence-corrected chi connectivity index (χ3v) is 5.79. The summed E-state index contributed by atoms with van der Waals surface area (Å²) >= 11 is 0. The smallest absolute Gasteiger partial charge is 0.270 e. The number of nitrogens with zero attached hydrogens (tertiary/aromatic N) is 1. The molecule has 32 heavy (non-hydrogen) atoms. The summed E-state index contributed by atoms with van der Waals surface area (Å²) in [6.45, 7) is 0.381. The molecule has 158 valence electrons. The van der Waals surface area contributed by atoms with E-state index in [4.69, 9.17) is 0 Å². The van der Waals surface area contributed by atoms with Crippen LogP contribution < -0.4 is 5.32 Å². The molecule has 1 amide bonds. The second kappa shape index (κ2) is 8.03. The predicted molar refractivity (Wildman–Crippen MR) is 124 cm³/mol. The fourth-order valence-corrected chi connectivity index (χ4v) is 4.17. The van der Waals surface area contributed by atoms with E-state index in [2.05, 4.69) is 21.4 Å². The lowest BCUT2D eigenvalue weighted by Gasteiger charge is -2.18. The Hall–Kier alpha value is -4.39. The van der Waals surface area contributed by atoms with Gasteiger partial charge in [-0.2, -0.15) is 0 Å². The molecule has 7 nitrogen and oxygen atoms in total. The summed E-state index contributed by atoms with van der Waals surface area (Å²) in [5.74, 6) is -0.339. The first-order valence-electron chi connectivity index (χ1n) is 10.3. The summed E-state index contributed by atoms with van der Waals surface area (Å²) in [4.78, 5) is 30.1. The number of non-ortho nitro benzene ring substituents is 1. The van der Waals surface area contributed by atoms with Crippen LogP contribution in [-0.2, 0) is 0 Å². The summed E-state index contributed by atoms with van der Waals surface area (Å²) in [5.41, 5.74) is 4.24. The van der Waals surface area contributed by atoms with Gasteiger partial charge in [0.2, 0.25) is 0 Å². The molecule has 0 bridgehead atoms. The lowest BCUT2D eigenvalue weighted by molar-refractivity contribution is -0.384. The average molecular weight is 424 g/mol. The van der Waals surface area contributed by atoms with Crippen LogP contribution in [0.15, 0.2) is 85.2 Å². The van der Waals surface area contributed by atoms with Gasteiger partial charge in [-0.3, -0.25) is 14.9 Å². The lowest BCUT2D eigenvalue weighted by atomic mass is 9.91. The normalized spacial score (nSPS) is 12.1. The number of amides is 1. The second-order valence-electron chi connectivity index (χ2n) is 7.65. The Kier molecular flexibility index (Phi) is 4.91. The third kappa shape index (κ3) is 3.50. The Bertz CT molecular complexity index is 1440. The molecule has 1 atom stereocenters. The predicted octanol–water partition coefficient (Wildman–Crippen LogP) is 5.12. The van der Waals surface area contributed by atoms with Crippen LogP contribution in [-0.4, -0.2) is 27.3 Å². The first kappa shape index (κ1) is 19.6. The number of aromatic amines is 2. The van der Waals surface area contributed by atoms with Crippen molar-refractivity contribution in [1.82, 2.24) is 15.3 Å². The maximum absolute atomic E-state index is 13.1. The maximum Gasteiger partial charge on any atom is 0.270 e. The zero-order chi connectivity index (χ0) is 22.1. The van der Waals surface area contributed by atoms with Crippen LogP contribution in [0.25, 0.3) is 21.8 Å². The van der Waals surface area contributed by atoms with Crippen molar-refractivity contribution >= 4 is 33.4 Å². The molecule has 5 aromatic rings. The van der Waals surface area contributed by atoms with Gasteiger partial charge in [0.15, 0.2) is 0 Å². The number of para-hydroxylation sites is 1. The molecule has 0 aliphatic carbocycles. The molecular weight excluding hydrogens is 404 g/mol. The molecule has 0 fully saturated rings. The minimum absolute atomic E-state index is 0.0490. The topological polar surface area (TPSA) is 104 Å². The minimum atomic E-state index is -0.462. The quantitative estimate of drug-likeness (QED) is 0.260. The van der Waals surface area contributed by atoms with E-state index in [9.17, 15) is 14.9 Å². The number of nitrogens with one attached hydrogen (secondary N) is 3. The van der Waals surface area contributed by atoms with E-state index in [1.54, 1.807) is 12.3 Å². The first-order valence-corrected chi connectivity index (χ1v) is 10.3.